The number of aromatic nitrogens is 2. The van der Waals surface area contributed by atoms with E-state index in [1.54, 1.807) is 37.6 Å². The van der Waals surface area contributed by atoms with E-state index in [4.69, 9.17) is 0 Å². The van der Waals surface area contributed by atoms with Gasteiger partial charge in [-0.1, -0.05) is 6.07 Å². The first-order chi connectivity index (χ1) is 13.2. The fourth-order valence-electron chi connectivity index (χ4n) is 2.84. The highest BCUT2D eigenvalue weighted by Gasteiger charge is 2.21. The molecule has 1 saturated heterocycles. The van der Waals surface area contributed by atoms with E-state index in [1.165, 1.54) is 12.1 Å². The molecule has 2 heterocycles. The molecule has 1 aromatic carbocycles. The summed E-state index contributed by atoms with van der Waals surface area (Å²) in [5, 5.41) is 5.70. The predicted molar refractivity (Wildman–Crippen MR) is 118 cm³/mol. The van der Waals surface area contributed by atoms with Crippen LogP contribution in [0.15, 0.2) is 47.7 Å². The Labute approximate surface area is 180 Å². The van der Waals surface area contributed by atoms with E-state index >= 15 is 0 Å². The predicted octanol–water partition coefficient (Wildman–Crippen LogP) is 1.57. The highest BCUT2D eigenvalue weighted by molar-refractivity contribution is 14.0. The maximum Gasteiger partial charge on any atom is 0.243 e. The lowest BCUT2D eigenvalue weighted by atomic mass is 10.3. The fraction of sp³-hybridized carbons (Fsp3) is 0.333. The van der Waals surface area contributed by atoms with Gasteiger partial charge >= 0.3 is 0 Å². The number of amides is 1. The molecule has 8 nitrogen and oxygen atoms in total. The molecule has 1 aliphatic rings. The van der Waals surface area contributed by atoms with Gasteiger partial charge in [0.1, 0.15) is 5.82 Å². The van der Waals surface area contributed by atoms with Crippen molar-refractivity contribution in [2.45, 2.75) is 0 Å². The number of benzene rings is 1. The highest BCUT2D eigenvalue weighted by atomic mass is 127. The van der Waals surface area contributed by atoms with Crippen LogP contribution in [0.5, 0.6) is 0 Å². The number of rotatable bonds is 4. The average molecular weight is 499 g/mol. The first kappa shape index (κ1) is 21.8. The maximum atomic E-state index is 13.2. The summed E-state index contributed by atoms with van der Waals surface area (Å²) in [5.74, 6) is 0.711. The molecule has 1 amide bonds. The Morgan fingerprint density at radius 3 is 2.54 bits per heavy atom. The van der Waals surface area contributed by atoms with E-state index in [9.17, 15) is 9.18 Å². The second-order valence-electron chi connectivity index (χ2n) is 5.98. The van der Waals surface area contributed by atoms with Gasteiger partial charge in [0.25, 0.3) is 0 Å². The lowest BCUT2D eigenvalue weighted by Gasteiger charge is -2.36. The summed E-state index contributed by atoms with van der Waals surface area (Å²) < 4.78 is 13.2. The number of nitrogens with zero attached hydrogens (tertiary/aromatic N) is 5. The van der Waals surface area contributed by atoms with Gasteiger partial charge in [0.2, 0.25) is 11.9 Å². The largest absolute Gasteiger partial charge is 0.347 e. The molecule has 0 spiro atoms. The van der Waals surface area contributed by atoms with E-state index in [-0.39, 0.29) is 36.4 Å². The Kier molecular flexibility index (Phi) is 8.36. The van der Waals surface area contributed by atoms with Crippen LogP contribution in [-0.4, -0.2) is 66.5 Å². The highest BCUT2D eigenvalue weighted by Crippen LogP contribution is 2.10. The molecule has 28 heavy (non-hydrogen) atoms. The number of piperazine rings is 1. The summed E-state index contributed by atoms with van der Waals surface area (Å²) in [6, 6.07) is 7.59. The van der Waals surface area contributed by atoms with Gasteiger partial charge in [-0.25, -0.2) is 14.4 Å². The van der Waals surface area contributed by atoms with Crippen molar-refractivity contribution in [2.24, 2.45) is 4.99 Å². The average Bonchev–Trinajstić information content (AvgIpc) is 2.69. The van der Waals surface area contributed by atoms with Crippen molar-refractivity contribution >= 4 is 47.5 Å². The molecule has 1 aromatic heterocycles. The van der Waals surface area contributed by atoms with E-state index in [0.29, 0.717) is 11.6 Å². The number of hydrogen-bond acceptors (Lipinski definition) is 5. The normalized spacial score (nSPS) is 14.3. The van der Waals surface area contributed by atoms with Gasteiger partial charge in [-0.2, -0.15) is 0 Å². The van der Waals surface area contributed by atoms with Gasteiger partial charge in [-0.15, -0.1) is 24.0 Å². The minimum atomic E-state index is -0.392. The van der Waals surface area contributed by atoms with Crippen molar-refractivity contribution in [3.05, 3.63) is 48.5 Å². The quantitative estimate of drug-likeness (QED) is 0.378. The van der Waals surface area contributed by atoms with E-state index < -0.39 is 5.82 Å². The fourth-order valence-corrected chi connectivity index (χ4v) is 2.84. The molecule has 0 bridgehead atoms. The Hall–Kier alpha value is -2.50. The van der Waals surface area contributed by atoms with E-state index in [1.807, 2.05) is 0 Å². The summed E-state index contributed by atoms with van der Waals surface area (Å²) in [6.45, 7) is 3.05. The number of nitrogens with one attached hydrogen (secondary N) is 2. The lowest BCUT2D eigenvalue weighted by molar-refractivity contribution is -0.115. The number of aliphatic imine (C=N–C) groups is 1. The molecule has 10 heteroatoms. The summed E-state index contributed by atoms with van der Waals surface area (Å²) >= 11 is 0. The number of hydrogen-bond donors (Lipinski definition) is 2. The first-order valence-corrected chi connectivity index (χ1v) is 8.68. The Balaban J connectivity index is 0.00000280. The van der Waals surface area contributed by atoms with Crippen molar-refractivity contribution in [3.63, 3.8) is 0 Å². The molecule has 150 valence electrons. The van der Waals surface area contributed by atoms with Crippen LogP contribution in [0, 0.1) is 5.82 Å². The number of carbonyl (C=O) groups is 1. The van der Waals surface area contributed by atoms with Crippen molar-refractivity contribution in [1.82, 2.24) is 20.2 Å². The number of anilines is 2. The molecule has 0 radical (unpaired) electrons. The van der Waals surface area contributed by atoms with Gasteiger partial charge < -0.3 is 20.4 Å². The zero-order valence-electron chi connectivity index (χ0n) is 15.5. The summed E-state index contributed by atoms with van der Waals surface area (Å²) in [7, 11) is 1.68. The van der Waals surface area contributed by atoms with Gasteiger partial charge in [0.05, 0.1) is 6.54 Å². The van der Waals surface area contributed by atoms with Crippen LogP contribution in [0.25, 0.3) is 0 Å². The van der Waals surface area contributed by atoms with Crippen LogP contribution in [0.1, 0.15) is 0 Å². The van der Waals surface area contributed by atoms with E-state index in [0.717, 1.165) is 32.1 Å². The van der Waals surface area contributed by atoms with Gasteiger partial charge in [-0.3, -0.25) is 9.79 Å². The van der Waals surface area contributed by atoms with Crippen LogP contribution >= 0.6 is 24.0 Å². The molecule has 1 aliphatic heterocycles. The second kappa shape index (κ2) is 10.7. The molecule has 2 aromatic rings. The molecule has 0 unspecified atom stereocenters. The summed E-state index contributed by atoms with van der Waals surface area (Å²) in [5.41, 5.74) is 0.424. The van der Waals surface area contributed by atoms with Crippen molar-refractivity contribution in [2.75, 3.05) is 50.0 Å². The second-order valence-corrected chi connectivity index (χ2v) is 5.98. The van der Waals surface area contributed by atoms with Gasteiger partial charge in [0, 0.05) is 51.3 Å². The third-order valence-electron chi connectivity index (χ3n) is 4.14. The smallest absolute Gasteiger partial charge is 0.243 e. The molecule has 3 rings (SSSR count). The third kappa shape index (κ3) is 6.01. The standard InChI is InChI=1S/C18H22FN7O.HI/c1-20-17(23-13-16(27)24-15-5-2-4-14(19)12-15)25-8-10-26(11-9-25)18-21-6-3-7-22-18;/h2-7,12H,8-11,13H2,1H3,(H,20,23)(H,24,27);1H. The van der Waals surface area contributed by atoms with Crippen LogP contribution in [0.3, 0.4) is 0 Å². The van der Waals surface area contributed by atoms with Gasteiger partial charge in [-0.05, 0) is 24.3 Å². The molecule has 0 saturated carbocycles. The topological polar surface area (TPSA) is 85.8 Å². The number of carbonyl (C=O) groups excluding carboxylic acids is 1. The molecule has 2 N–H and O–H groups in total. The Morgan fingerprint density at radius 1 is 1.18 bits per heavy atom. The zero-order valence-corrected chi connectivity index (χ0v) is 17.8. The van der Waals surface area contributed by atoms with Crippen molar-refractivity contribution < 1.29 is 9.18 Å². The minimum absolute atomic E-state index is 0. The molecular formula is C18H23FIN7O. The first-order valence-electron chi connectivity index (χ1n) is 8.68. The van der Waals surface area contributed by atoms with Crippen LogP contribution in [-0.2, 0) is 4.79 Å². The van der Waals surface area contributed by atoms with Crippen LogP contribution < -0.4 is 15.5 Å². The SMILES string of the molecule is CN=C(NCC(=O)Nc1cccc(F)c1)N1CCN(c2ncccn2)CC1.I. The molecule has 0 atom stereocenters. The zero-order chi connectivity index (χ0) is 19.1. The van der Waals surface area contributed by atoms with Crippen LogP contribution in [0.2, 0.25) is 0 Å². The summed E-state index contributed by atoms with van der Waals surface area (Å²) in [4.78, 5) is 29.0. The van der Waals surface area contributed by atoms with Crippen LogP contribution in [0.4, 0.5) is 16.0 Å². The monoisotopic (exact) mass is 499 g/mol. The Bertz CT molecular complexity index is 798. The summed E-state index contributed by atoms with van der Waals surface area (Å²) in [6.07, 6.45) is 3.46. The van der Waals surface area contributed by atoms with Crippen molar-refractivity contribution in [1.29, 1.82) is 0 Å². The van der Waals surface area contributed by atoms with E-state index in [2.05, 4.69) is 35.4 Å². The number of halogens is 2. The number of guanidine groups is 1. The van der Waals surface area contributed by atoms with Crippen molar-refractivity contribution in [3.8, 4) is 0 Å². The van der Waals surface area contributed by atoms with Gasteiger partial charge in [0.15, 0.2) is 5.96 Å². The maximum absolute atomic E-state index is 13.2. The third-order valence-corrected chi connectivity index (χ3v) is 4.14. The molecular weight excluding hydrogens is 476 g/mol. The molecule has 1 fully saturated rings. The Morgan fingerprint density at radius 2 is 1.89 bits per heavy atom. The molecule has 0 aliphatic carbocycles. The minimum Gasteiger partial charge on any atom is -0.347 e. The lowest BCUT2D eigenvalue weighted by Crippen LogP contribution is -2.53.